The van der Waals surface area contributed by atoms with Gasteiger partial charge in [-0.2, -0.15) is 0 Å². The third-order valence-electron chi connectivity index (χ3n) is 5.01. The minimum Gasteiger partial charge on any atom is -0.305 e. The maximum Gasteiger partial charge on any atom is 0.0795 e. The van der Waals surface area contributed by atoms with Crippen molar-refractivity contribution in [2.45, 2.75) is 13.0 Å². The Morgan fingerprint density at radius 1 is 1.16 bits per heavy atom. The highest BCUT2D eigenvalue weighted by Crippen LogP contribution is 2.22. The monoisotopic (exact) mass is 352 g/mol. The number of likely N-dealkylation sites (N-methyl/N-ethyl adjacent to an activating group) is 1. The predicted molar refractivity (Wildman–Crippen MR) is 104 cm³/mol. The molecule has 0 N–H and O–H groups in total. The van der Waals surface area contributed by atoms with Crippen LogP contribution in [0, 0.1) is 5.92 Å². The fraction of sp³-hybridized carbons (Fsp3) is 0.400. The SMILES string of the molecule is CN1CCN(Cc2cscn2)C[C@@H](Cc2cncc3ccccc23)C1. The molecule has 5 heteroatoms. The number of nitrogens with zero attached hydrogens (tertiary/aromatic N) is 4. The number of thiazole rings is 1. The van der Waals surface area contributed by atoms with Crippen LogP contribution in [0.4, 0.5) is 0 Å². The molecule has 0 bridgehead atoms. The molecule has 0 spiro atoms. The van der Waals surface area contributed by atoms with Gasteiger partial charge in [-0.25, -0.2) is 4.98 Å². The summed E-state index contributed by atoms with van der Waals surface area (Å²) in [6.07, 6.45) is 5.09. The summed E-state index contributed by atoms with van der Waals surface area (Å²) in [5.74, 6) is 0.610. The molecule has 0 unspecified atom stereocenters. The van der Waals surface area contributed by atoms with Gasteiger partial charge in [0.15, 0.2) is 0 Å². The second kappa shape index (κ2) is 7.60. The number of hydrogen-bond donors (Lipinski definition) is 0. The highest BCUT2D eigenvalue weighted by atomic mass is 32.1. The number of pyridine rings is 1. The summed E-state index contributed by atoms with van der Waals surface area (Å²) in [5, 5.41) is 4.75. The van der Waals surface area contributed by atoms with Gasteiger partial charge in [-0.3, -0.25) is 9.88 Å². The standard InChI is InChI=1S/C20H24N4S/c1-23-6-7-24(13-19-14-25-15-22-19)12-16(11-23)8-18-10-21-9-17-4-2-3-5-20(17)18/h2-5,9-10,14-16H,6-8,11-13H2,1H3/t16-/m0/s1. The molecule has 0 saturated carbocycles. The van der Waals surface area contributed by atoms with Gasteiger partial charge in [-0.05, 0) is 30.3 Å². The third kappa shape index (κ3) is 4.06. The van der Waals surface area contributed by atoms with Crippen molar-refractivity contribution in [1.82, 2.24) is 19.8 Å². The lowest BCUT2D eigenvalue weighted by molar-refractivity contribution is 0.247. The van der Waals surface area contributed by atoms with Crippen molar-refractivity contribution in [3.63, 3.8) is 0 Å². The molecule has 130 valence electrons. The first-order chi connectivity index (χ1) is 12.3. The predicted octanol–water partition coefficient (Wildman–Crippen LogP) is 3.30. The van der Waals surface area contributed by atoms with Crippen LogP contribution in [0.5, 0.6) is 0 Å². The minimum absolute atomic E-state index is 0.610. The Balaban J connectivity index is 1.53. The molecule has 0 radical (unpaired) electrons. The van der Waals surface area contributed by atoms with E-state index in [4.69, 9.17) is 0 Å². The van der Waals surface area contributed by atoms with Crippen LogP contribution in [0.1, 0.15) is 11.3 Å². The van der Waals surface area contributed by atoms with Crippen LogP contribution < -0.4 is 0 Å². The molecular weight excluding hydrogens is 328 g/mol. The summed E-state index contributed by atoms with van der Waals surface area (Å²) in [7, 11) is 2.24. The van der Waals surface area contributed by atoms with Crippen LogP contribution in [-0.2, 0) is 13.0 Å². The van der Waals surface area contributed by atoms with Gasteiger partial charge in [0.2, 0.25) is 0 Å². The summed E-state index contributed by atoms with van der Waals surface area (Å²) in [5.41, 5.74) is 4.49. The molecule has 1 saturated heterocycles. The van der Waals surface area contributed by atoms with E-state index < -0.39 is 0 Å². The maximum absolute atomic E-state index is 4.46. The number of fused-ring (bicyclic) bond motifs is 1. The third-order valence-corrected chi connectivity index (χ3v) is 5.65. The van der Waals surface area contributed by atoms with Crippen molar-refractivity contribution in [1.29, 1.82) is 0 Å². The van der Waals surface area contributed by atoms with Gasteiger partial charge < -0.3 is 4.90 Å². The Hall–Kier alpha value is -1.82. The van der Waals surface area contributed by atoms with E-state index in [0.29, 0.717) is 5.92 Å². The van der Waals surface area contributed by atoms with Gasteiger partial charge >= 0.3 is 0 Å². The van der Waals surface area contributed by atoms with Crippen molar-refractivity contribution < 1.29 is 0 Å². The van der Waals surface area contributed by atoms with Crippen LogP contribution in [0.3, 0.4) is 0 Å². The number of aromatic nitrogens is 2. The molecule has 3 heterocycles. The molecule has 4 rings (SSSR count). The smallest absolute Gasteiger partial charge is 0.0795 e. The number of rotatable bonds is 4. The quantitative estimate of drug-likeness (QED) is 0.721. The Kier molecular flexibility index (Phi) is 5.06. The minimum atomic E-state index is 0.610. The number of benzene rings is 1. The van der Waals surface area contributed by atoms with Crippen molar-refractivity contribution in [2.24, 2.45) is 5.92 Å². The van der Waals surface area contributed by atoms with E-state index in [2.05, 4.69) is 62.7 Å². The Morgan fingerprint density at radius 3 is 2.96 bits per heavy atom. The highest BCUT2D eigenvalue weighted by Gasteiger charge is 2.22. The van der Waals surface area contributed by atoms with Crippen molar-refractivity contribution in [3.8, 4) is 0 Å². The van der Waals surface area contributed by atoms with Crippen LogP contribution >= 0.6 is 11.3 Å². The molecule has 1 aromatic carbocycles. The van der Waals surface area contributed by atoms with E-state index >= 15 is 0 Å². The second-order valence-electron chi connectivity index (χ2n) is 7.07. The summed E-state index contributed by atoms with van der Waals surface area (Å²) in [6, 6.07) is 8.59. The Bertz CT molecular complexity index is 812. The van der Waals surface area contributed by atoms with Crippen LogP contribution in [0.25, 0.3) is 10.8 Å². The molecular formula is C20H24N4S. The lowest BCUT2D eigenvalue weighted by Gasteiger charge is -2.23. The molecule has 0 aliphatic carbocycles. The van der Waals surface area contributed by atoms with E-state index in [0.717, 1.165) is 39.1 Å². The van der Waals surface area contributed by atoms with Crippen LogP contribution in [-0.4, -0.2) is 53.0 Å². The zero-order chi connectivity index (χ0) is 17.1. The highest BCUT2D eigenvalue weighted by molar-refractivity contribution is 7.07. The van der Waals surface area contributed by atoms with E-state index in [1.807, 2.05) is 11.7 Å². The lowest BCUT2D eigenvalue weighted by Crippen LogP contribution is -2.30. The zero-order valence-corrected chi connectivity index (χ0v) is 15.5. The fourth-order valence-electron chi connectivity index (χ4n) is 3.83. The molecule has 2 aromatic heterocycles. The summed E-state index contributed by atoms with van der Waals surface area (Å²) < 4.78 is 0. The molecule has 1 atom stereocenters. The summed E-state index contributed by atoms with van der Waals surface area (Å²) in [4.78, 5) is 13.9. The largest absolute Gasteiger partial charge is 0.305 e. The van der Waals surface area contributed by atoms with Gasteiger partial charge in [0.05, 0.1) is 11.2 Å². The lowest BCUT2D eigenvalue weighted by atomic mass is 9.96. The van der Waals surface area contributed by atoms with E-state index in [1.54, 1.807) is 11.3 Å². The molecule has 1 aliphatic rings. The average molecular weight is 353 g/mol. The molecule has 25 heavy (non-hydrogen) atoms. The first-order valence-corrected chi connectivity index (χ1v) is 9.82. The van der Waals surface area contributed by atoms with Crippen molar-refractivity contribution >= 4 is 22.1 Å². The van der Waals surface area contributed by atoms with E-state index in [1.165, 1.54) is 22.0 Å². The van der Waals surface area contributed by atoms with Gasteiger partial charge in [0, 0.05) is 55.9 Å². The maximum atomic E-state index is 4.46. The topological polar surface area (TPSA) is 32.3 Å². The van der Waals surface area contributed by atoms with E-state index in [9.17, 15) is 0 Å². The van der Waals surface area contributed by atoms with Gasteiger partial charge in [0.25, 0.3) is 0 Å². The van der Waals surface area contributed by atoms with Crippen molar-refractivity contribution in [2.75, 3.05) is 33.2 Å². The number of hydrogen-bond acceptors (Lipinski definition) is 5. The Labute approximate surface area is 153 Å². The van der Waals surface area contributed by atoms with Gasteiger partial charge in [-0.15, -0.1) is 11.3 Å². The second-order valence-corrected chi connectivity index (χ2v) is 7.79. The Morgan fingerprint density at radius 2 is 2.08 bits per heavy atom. The molecule has 1 aliphatic heterocycles. The first-order valence-electron chi connectivity index (χ1n) is 8.87. The fourth-order valence-corrected chi connectivity index (χ4v) is 4.38. The molecule has 1 fully saturated rings. The molecule has 3 aromatic rings. The first kappa shape index (κ1) is 16.6. The van der Waals surface area contributed by atoms with Gasteiger partial charge in [-0.1, -0.05) is 24.3 Å². The summed E-state index contributed by atoms with van der Waals surface area (Å²) >= 11 is 1.68. The molecule has 0 amide bonds. The van der Waals surface area contributed by atoms with E-state index in [-0.39, 0.29) is 0 Å². The van der Waals surface area contributed by atoms with Crippen LogP contribution in [0.15, 0.2) is 47.5 Å². The molecule has 4 nitrogen and oxygen atoms in total. The van der Waals surface area contributed by atoms with Crippen LogP contribution in [0.2, 0.25) is 0 Å². The van der Waals surface area contributed by atoms with Gasteiger partial charge in [0.1, 0.15) is 0 Å². The van der Waals surface area contributed by atoms with Crippen molar-refractivity contribution in [3.05, 3.63) is 58.8 Å². The summed E-state index contributed by atoms with van der Waals surface area (Å²) in [6.45, 7) is 5.44. The average Bonchev–Trinajstić information content (AvgIpc) is 3.06. The normalized spacial score (nSPS) is 20.0. The zero-order valence-electron chi connectivity index (χ0n) is 14.6.